The van der Waals surface area contributed by atoms with E-state index >= 15 is 0 Å². The molecule has 1 atom stereocenters. The zero-order valence-corrected chi connectivity index (χ0v) is 11.3. The average Bonchev–Trinajstić information content (AvgIpc) is 2.40. The maximum absolute atomic E-state index is 12.4. The van der Waals surface area contributed by atoms with Gasteiger partial charge in [-0.1, -0.05) is 38.1 Å². The summed E-state index contributed by atoms with van der Waals surface area (Å²) in [5, 5.41) is 3.18. The second-order valence-corrected chi connectivity index (χ2v) is 3.97. The molecule has 0 spiro atoms. The van der Waals surface area contributed by atoms with Crippen LogP contribution in [-0.4, -0.2) is 6.04 Å². The Bertz CT molecular complexity index is 455. The van der Waals surface area contributed by atoms with Crippen molar-refractivity contribution in [3.63, 3.8) is 0 Å². The number of rotatable bonds is 1. The van der Waals surface area contributed by atoms with Crippen molar-refractivity contribution in [2.45, 2.75) is 33.0 Å². The number of nitrogens with one attached hydrogen (secondary N) is 1. The van der Waals surface area contributed by atoms with Crippen molar-refractivity contribution < 1.29 is 13.2 Å². The van der Waals surface area contributed by atoms with Crippen LogP contribution in [0.1, 0.15) is 31.9 Å². The molecule has 0 aromatic heterocycles. The lowest BCUT2D eigenvalue weighted by Crippen LogP contribution is -2.24. The largest absolute Gasteiger partial charge is 0.416 e. The standard InChI is InChI=1S/C13H12F3N.C2H6/c1-9-3-2-4-12(17-9)10-5-7-11(8-6-10)13(14,15)16;1-2/h2-9,17H,1H3;1-2H3. The third-order valence-electron chi connectivity index (χ3n) is 2.57. The summed E-state index contributed by atoms with van der Waals surface area (Å²) in [6, 6.07) is 5.35. The maximum Gasteiger partial charge on any atom is 0.416 e. The van der Waals surface area contributed by atoms with Gasteiger partial charge in [0.2, 0.25) is 0 Å². The molecule has 1 aliphatic heterocycles. The topological polar surface area (TPSA) is 12.0 Å². The highest BCUT2D eigenvalue weighted by Crippen LogP contribution is 2.30. The van der Waals surface area contributed by atoms with Crippen molar-refractivity contribution in [2.75, 3.05) is 0 Å². The second kappa shape index (κ2) is 6.45. The monoisotopic (exact) mass is 269 g/mol. The average molecular weight is 269 g/mol. The molecule has 104 valence electrons. The summed E-state index contributed by atoms with van der Waals surface area (Å²) in [4.78, 5) is 0. The minimum atomic E-state index is -4.28. The van der Waals surface area contributed by atoms with Gasteiger partial charge in [0.1, 0.15) is 0 Å². The fourth-order valence-electron chi connectivity index (χ4n) is 1.68. The number of halogens is 3. The Morgan fingerprint density at radius 3 is 2.11 bits per heavy atom. The fraction of sp³-hybridized carbons (Fsp3) is 0.333. The highest BCUT2D eigenvalue weighted by molar-refractivity contribution is 5.67. The van der Waals surface area contributed by atoms with Crippen LogP contribution in [0, 0.1) is 0 Å². The van der Waals surface area contributed by atoms with E-state index < -0.39 is 11.7 Å². The van der Waals surface area contributed by atoms with E-state index in [4.69, 9.17) is 0 Å². The summed E-state index contributed by atoms with van der Waals surface area (Å²) in [5.41, 5.74) is 0.976. The molecule has 1 aromatic rings. The van der Waals surface area contributed by atoms with Crippen molar-refractivity contribution in [3.05, 3.63) is 53.6 Å². The predicted octanol–water partition coefficient (Wildman–Crippen LogP) is 4.62. The highest BCUT2D eigenvalue weighted by atomic mass is 19.4. The number of benzene rings is 1. The first-order chi connectivity index (χ1) is 8.97. The van der Waals surface area contributed by atoms with E-state index in [9.17, 15) is 13.2 Å². The molecule has 4 heteroatoms. The minimum Gasteiger partial charge on any atom is -0.379 e. The molecule has 0 saturated heterocycles. The molecular weight excluding hydrogens is 251 g/mol. The summed E-state index contributed by atoms with van der Waals surface area (Å²) in [5.74, 6) is 0. The normalized spacial score (nSPS) is 18.0. The van der Waals surface area contributed by atoms with Crippen LogP contribution in [-0.2, 0) is 6.18 Å². The van der Waals surface area contributed by atoms with Crippen LogP contribution < -0.4 is 5.32 Å². The minimum absolute atomic E-state index is 0.192. The summed E-state index contributed by atoms with van der Waals surface area (Å²) in [6.45, 7) is 5.98. The first-order valence-electron chi connectivity index (χ1n) is 6.29. The smallest absolute Gasteiger partial charge is 0.379 e. The molecule has 19 heavy (non-hydrogen) atoms. The van der Waals surface area contributed by atoms with Gasteiger partial charge in [0, 0.05) is 11.7 Å². The van der Waals surface area contributed by atoms with Gasteiger partial charge in [-0.3, -0.25) is 0 Å². The molecule has 0 saturated carbocycles. The van der Waals surface area contributed by atoms with Crippen molar-refractivity contribution in [1.29, 1.82) is 0 Å². The van der Waals surface area contributed by atoms with Crippen LogP contribution in [0.3, 0.4) is 0 Å². The predicted molar refractivity (Wildman–Crippen MR) is 72.5 cm³/mol. The van der Waals surface area contributed by atoms with E-state index in [2.05, 4.69) is 5.32 Å². The Labute approximate surface area is 111 Å². The fourth-order valence-corrected chi connectivity index (χ4v) is 1.68. The molecule has 1 unspecified atom stereocenters. The van der Waals surface area contributed by atoms with Gasteiger partial charge in [0.15, 0.2) is 0 Å². The molecule has 1 aromatic carbocycles. The van der Waals surface area contributed by atoms with Crippen molar-refractivity contribution in [3.8, 4) is 0 Å². The van der Waals surface area contributed by atoms with Gasteiger partial charge in [-0.2, -0.15) is 13.2 Å². The molecule has 0 aliphatic carbocycles. The molecule has 2 rings (SSSR count). The summed E-state index contributed by atoms with van der Waals surface area (Å²) < 4.78 is 37.1. The van der Waals surface area contributed by atoms with Gasteiger partial charge in [0.05, 0.1) is 5.56 Å². The van der Waals surface area contributed by atoms with Gasteiger partial charge >= 0.3 is 6.18 Å². The van der Waals surface area contributed by atoms with Gasteiger partial charge in [-0.15, -0.1) is 0 Å². The van der Waals surface area contributed by atoms with Gasteiger partial charge in [-0.05, 0) is 30.7 Å². The summed E-state index contributed by atoms with van der Waals surface area (Å²) >= 11 is 0. The first-order valence-corrected chi connectivity index (χ1v) is 6.29. The Kier molecular flexibility index (Phi) is 5.21. The Morgan fingerprint density at radius 1 is 1.05 bits per heavy atom. The van der Waals surface area contributed by atoms with Crippen LogP contribution >= 0.6 is 0 Å². The third kappa shape index (κ3) is 4.16. The maximum atomic E-state index is 12.4. The highest BCUT2D eigenvalue weighted by Gasteiger charge is 2.30. The zero-order chi connectivity index (χ0) is 14.5. The molecule has 1 nitrogen and oxygen atoms in total. The first kappa shape index (κ1) is 15.3. The lowest BCUT2D eigenvalue weighted by Gasteiger charge is -2.18. The van der Waals surface area contributed by atoms with Crippen molar-refractivity contribution in [2.24, 2.45) is 0 Å². The molecule has 1 aliphatic rings. The van der Waals surface area contributed by atoms with Gasteiger partial charge in [-0.25, -0.2) is 0 Å². The van der Waals surface area contributed by atoms with Crippen LogP contribution in [0.5, 0.6) is 0 Å². The number of hydrogen-bond acceptors (Lipinski definition) is 1. The number of hydrogen-bond donors (Lipinski definition) is 1. The Balaban J connectivity index is 0.000000861. The van der Waals surface area contributed by atoms with E-state index in [1.807, 2.05) is 39.0 Å². The van der Waals surface area contributed by atoms with Crippen molar-refractivity contribution in [1.82, 2.24) is 5.32 Å². The lowest BCUT2D eigenvalue weighted by atomic mass is 10.1. The molecule has 0 fully saturated rings. The summed E-state index contributed by atoms with van der Waals surface area (Å²) in [6.07, 6.45) is 1.45. The van der Waals surface area contributed by atoms with Crippen molar-refractivity contribution >= 4 is 5.70 Å². The molecular formula is C15H18F3N. The third-order valence-corrected chi connectivity index (χ3v) is 2.57. The molecule has 0 radical (unpaired) electrons. The second-order valence-electron chi connectivity index (χ2n) is 3.97. The van der Waals surface area contributed by atoms with Crippen LogP contribution in [0.4, 0.5) is 13.2 Å². The Morgan fingerprint density at radius 2 is 1.63 bits per heavy atom. The van der Waals surface area contributed by atoms with E-state index in [-0.39, 0.29) is 6.04 Å². The van der Waals surface area contributed by atoms with Crippen LogP contribution in [0.2, 0.25) is 0 Å². The molecule has 1 heterocycles. The number of dihydropyridines is 1. The zero-order valence-electron chi connectivity index (χ0n) is 11.3. The molecule has 1 N–H and O–H groups in total. The van der Waals surface area contributed by atoms with E-state index in [0.29, 0.717) is 0 Å². The summed E-state index contributed by atoms with van der Waals surface area (Å²) in [7, 11) is 0. The lowest BCUT2D eigenvalue weighted by molar-refractivity contribution is -0.137. The quantitative estimate of drug-likeness (QED) is 0.784. The Hall–Kier alpha value is -1.71. The molecule has 0 bridgehead atoms. The van der Waals surface area contributed by atoms with Crippen LogP contribution in [0.25, 0.3) is 5.70 Å². The van der Waals surface area contributed by atoms with E-state index in [1.165, 1.54) is 12.1 Å². The van der Waals surface area contributed by atoms with Gasteiger partial charge < -0.3 is 5.32 Å². The van der Waals surface area contributed by atoms with E-state index in [1.54, 1.807) is 0 Å². The SMILES string of the molecule is CC.CC1C=CC=C(c2ccc(C(F)(F)F)cc2)N1. The molecule has 0 amide bonds. The number of allylic oxidation sites excluding steroid dienone is 2. The van der Waals surface area contributed by atoms with Crippen LogP contribution in [0.15, 0.2) is 42.5 Å². The number of alkyl halides is 3. The van der Waals surface area contributed by atoms with E-state index in [0.717, 1.165) is 23.4 Å². The van der Waals surface area contributed by atoms with Gasteiger partial charge in [0.25, 0.3) is 0 Å².